The Labute approximate surface area is 177 Å². The minimum absolute atomic E-state index is 0.0888. The van der Waals surface area contributed by atoms with Crippen LogP contribution in [0.2, 0.25) is 0 Å². The molecule has 0 radical (unpaired) electrons. The molecule has 2 saturated heterocycles. The first-order valence-electron chi connectivity index (χ1n) is 10.1. The molecule has 2 aliphatic heterocycles. The van der Waals surface area contributed by atoms with Crippen LogP contribution in [0.1, 0.15) is 34.9 Å². The molecule has 5 rings (SSSR count). The Morgan fingerprint density at radius 3 is 2.61 bits per heavy atom. The van der Waals surface area contributed by atoms with E-state index in [1.165, 1.54) is 4.90 Å². The molecule has 31 heavy (non-hydrogen) atoms. The van der Waals surface area contributed by atoms with Crippen LogP contribution < -0.4 is 10.2 Å². The fraction of sp³-hybridized carbons (Fsp3) is 0.318. The van der Waals surface area contributed by atoms with Gasteiger partial charge in [0.15, 0.2) is 5.82 Å². The van der Waals surface area contributed by atoms with E-state index in [-0.39, 0.29) is 25.0 Å². The summed E-state index contributed by atoms with van der Waals surface area (Å²) < 4.78 is 33.2. The minimum Gasteiger partial charge on any atom is -0.373 e. The maximum Gasteiger partial charge on any atom is 0.266 e. The highest BCUT2D eigenvalue weighted by Crippen LogP contribution is 2.38. The third-order valence-corrected chi connectivity index (χ3v) is 5.67. The van der Waals surface area contributed by atoms with Crippen LogP contribution in [0.5, 0.6) is 0 Å². The lowest BCUT2D eigenvalue weighted by atomic mass is 10.0. The predicted molar refractivity (Wildman–Crippen MR) is 111 cm³/mol. The van der Waals surface area contributed by atoms with Gasteiger partial charge in [0.2, 0.25) is 0 Å². The van der Waals surface area contributed by atoms with Crippen LogP contribution in [0.4, 0.5) is 20.3 Å². The molecule has 4 heterocycles. The molecule has 0 aliphatic carbocycles. The topological polar surface area (TPSA) is 83.1 Å². The van der Waals surface area contributed by atoms with Gasteiger partial charge < -0.3 is 15.0 Å². The smallest absolute Gasteiger partial charge is 0.266 e. The van der Waals surface area contributed by atoms with E-state index in [9.17, 15) is 13.6 Å². The van der Waals surface area contributed by atoms with E-state index in [2.05, 4.69) is 20.5 Å². The van der Waals surface area contributed by atoms with Crippen molar-refractivity contribution >= 4 is 17.4 Å². The van der Waals surface area contributed by atoms with Gasteiger partial charge in [-0.15, -0.1) is 0 Å². The monoisotopic (exact) mass is 425 g/mol. The molecule has 2 aromatic heterocycles. The second-order valence-corrected chi connectivity index (χ2v) is 7.78. The van der Waals surface area contributed by atoms with Crippen LogP contribution in [-0.2, 0) is 4.74 Å². The molecule has 1 unspecified atom stereocenters. The molecular formula is C22H21F2N5O2. The number of anilines is 2. The van der Waals surface area contributed by atoms with E-state index < -0.39 is 12.5 Å². The third kappa shape index (κ3) is 3.88. The lowest BCUT2D eigenvalue weighted by Gasteiger charge is -2.26. The summed E-state index contributed by atoms with van der Waals surface area (Å²) in [5.74, 6) is -2.81. The molecule has 1 aromatic carbocycles. The summed E-state index contributed by atoms with van der Waals surface area (Å²) >= 11 is 0. The van der Waals surface area contributed by atoms with Crippen LogP contribution in [0.25, 0.3) is 11.3 Å². The van der Waals surface area contributed by atoms with Gasteiger partial charge >= 0.3 is 0 Å². The normalized spacial score (nSPS) is 19.8. The number of nitrogens with one attached hydrogen (secondary N) is 2. The zero-order valence-electron chi connectivity index (χ0n) is 16.6. The number of pyridine rings is 1. The van der Waals surface area contributed by atoms with Gasteiger partial charge in [-0.2, -0.15) is 5.10 Å². The molecule has 3 aromatic rings. The number of rotatable bonds is 5. The summed E-state index contributed by atoms with van der Waals surface area (Å²) in [6.07, 6.45) is 3.95. The fourth-order valence-electron chi connectivity index (χ4n) is 3.89. The van der Waals surface area contributed by atoms with Crippen molar-refractivity contribution in [3.8, 4) is 11.3 Å². The third-order valence-electron chi connectivity index (χ3n) is 5.67. The van der Waals surface area contributed by atoms with Crippen molar-refractivity contribution in [1.29, 1.82) is 0 Å². The highest BCUT2D eigenvalue weighted by atomic mass is 19.3. The first kappa shape index (κ1) is 19.6. The van der Waals surface area contributed by atoms with Crippen molar-refractivity contribution in [3.63, 3.8) is 0 Å². The first-order chi connectivity index (χ1) is 15.0. The largest absolute Gasteiger partial charge is 0.373 e. The van der Waals surface area contributed by atoms with E-state index in [0.717, 1.165) is 18.6 Å². The fourth-order valence-corrected chi connectivity index (χ4v) is 3.89. The molecular weight excluding hydrogens is 404 g/mol. The average Bonchev–Trinajstić information content (AvgIpc) is 3.37. The first-order valence-corrected chi connectivity index (χ1v) is 10.1. The number of benzene rings is 1. The second kappa shape index (κ2) is 7.73. The Balaban J connectivity index is 1.47. The average molecular weight is 425 g/mol. The summed E-state index contributed by atoms with van der Waals surface area (Å²) in [6.45, 7) is 0.472. The van der Waals surface area contributed by atoms with Gasteiger partial charge in [0.25, 0.3) is 11.8 Å². The summed E-state index contributed by atoms with van der Waals surface area (Å²) in [5, 5.41) is 9.73. The highest BCUT2D eigenvalue weighted by molar-refractivity contribution is 6.08. The Morgan fingerprint density at radius 2 is 2.00 bits per heavy atom. The number of alkyl halides is 2. The Hall–Kier alpha value is -3.33. The molecule has 0 saturated carbocycles. The van der Waals surface area contributed by atoms with Crippen molar-refractivity contribution in [2.75, 3.05) is 29.9 Å². The van der Waals surface area contributed by atoms with Crippen molar-refractivity contribution in [3.05, 3.63) is 59.9 Å². The molecule has 7 nitrogen and oxygen atoms in total. The Morgan fingerprint density at radius 1 is 1.19 bits per heavy atom. The van der Waals surface area contributed by atoms with Crippen LogP contribution in [0.3, 0.4) is 0 Å². The number of nitrogens with zero attached hydrogens (tertiary/aromatic N) is 3. The standard InChI is InChI=1S/C22H21F2N5O2/c23-22(24)8-11-29(13-22)20-19(16(5-9-25-20)17-6-10-26-28-17)27-21(30)15-3-1-14(2-4-15)18-7-12-31-18/h1-6,9-10,18H,7-8,11-13H2,(H,26,28)(H,27,30). The quantitative estimate of drug-likeness (QED) is 0.645. The second-order valence-electron chi connectivity index (χ2n) is 7.78. The number of hydrogen-bond acceptors (Lipinski definition) is 5. The minimum atomic E-state index is -2.79. The molecule has 1 amide bonds. The van der Waals surface area contributed by atoms with Gasteiger partial charge in [0, 0.05) is 42.9 Å². The van der Waals surface area contributed by atoms with E-state index in [0.29, 0.717) is 28.3 Å². The summed E-state index contributed by atoms with van der Waals surface area (Å²) in [5.41, 5.74) is 3.15. The Bertz CT molecular complexity index is 1080. The molecule has 160 valence electrons. The van der Waals surface area contributed by atoms with Crippen LogP contribution in [-0.4, -0.2) is 46.7 Å². The van der Waals surface area contributed by atoms with Gasteiger partial charge in [-0.1, -0.05) is 12.1 Å². The van der Waals surface area contributed by atoms with Crippen molar-refractivity contribution in [2.45, 2.75) is 24.9 Å². The summed E-state index contributed by atoms with van der Waals surface area (Å²) in [4.78, 5) is 18.9. The van der Waals surface area contributed by atoms with Crippen molar-refractivity contribution in [1.82, 2.24) is 15.2 Å². The van der Waals surface area contributed by atoms with Crippen LogP contribution >= 0.6 is 0 Å². The highest BCUT2D eigenvalue weighted by Gasteiger charge is 2.40. The lowest BCUT2D eigenvalue weighted by molar-refractivity contribution is -0.0527. The predicted octanol–water partition coefficient (Wildman–Crippen LogP) is 4.03. The maximum absolute atomic E-state index is 13.9. The number of carbonyl (C=O) groups excluding carboxylic acids is 1. The van der Waals surface area contributed by atoms with Crippen LogP contribution in [0, 0.1) is 0 Å². The van der Waals surface area contributed by atoms with Gasteiger partial charge in [-0.3, -0.25) is 9.89 Å². The number of ether oxygens (including phenoxy) is 1. The lowest BCUT2D eigenvalue weighted by Crippen LogP contribution is -2.27. The van der Waals surface area contributed by atoms with Crippen LogP contribution in [0.15, 0.2) is 48.8 Å². The van der Waals surface area contributed by atoms with Gasteiger partial charge in [0.05, 0.1) is 30.6 Å². The summed E-state index contributed by atoms with van der Waals surface area (Å²) in [6, 6.07) is 10.7. The van der Waals surface area contributed by atoms with E-state index >= 15 is 0 Å². The number of hydrogen-bond donors (Lipinski definition) is 2. The van der Waals surface area contributed by atoms with Crippen molar-refractivity contribution in [2.24, 2.45) is 0 Å². The van der Waals surface area contributed by atoms with Crippen molar-refractivity contribution < 1.29 is 18.3 Å². The maximum atomic E-state index is 13.9. The molecule has 0 spiro atoms. The van der Waals surface area contributed by atoms with E-state index in [1.54, 1.807) is 36.7 Å². The SMILES string of the molecule is O=C(Nc1c(-c2ccn[nH]2)ccnc1N1CCC(F)(F)C1)c1ccc(C2CCO2)cc1. The molecule has 0 bridgehead atoms. The summed E-state index contributed by atoms with van der Waals surface area (Å²) in [7, 11) is 0. The molecule has 1 atom stereocenters. The number of halogens is 2. The molecule has 2 aliphatic rings. The molecule has 9 heteroatoms. The number of amides is 1. The van der Waals surface area contributed by atoms with Gasteiger partial charge in [-0.25, -0.2) is 13.8 Å². The number of carbonyl (C=O) groups is 1. The van der Waals surface area contributed by atoms with Gasteiger partial charge in [-0.05, 0) is 29.8 Å². The van der Waals surface area contributed by atoms with Gasteiger partial charge in [0.1, 0.15) is 0 Å². The number of aromatic amines is 1. The number of aromatic nitrogens is 3. The molecule has 2 N–H and O–H groups in total. The zero-order valence-corrected chi connectivity index (χ0v) is 16.6. The number of H-pyrrole nitrogens is 1. The Kier molecular flexibility index (Phi) is 4.90. The van der Waals surface area contributed by atoms with E-state index in [4.69, 9.17) is 4.74 Å². The zero-order chi connectivity index (χ0) is 21.4. The molecule has 2 fully saturated rings. The van der Waals surface area contributed by atoms with E-state index in [1.807, 2.05) is 12.1 Å².